The maximum Gasteiger partial charge on any atom is 0.255 e. The molecular formula is C23H30FN3O3S. The third-order valence-corrected chi connectivity index (χ3v) is 7.52. The number of amides is 1. The van der Waals surface area contributed by atoms with E-state index in [0.717, 1.165) is 32.7 Å². The molecule has 0 aromatic heterocycles. The smallest absolute Gasteiger partial charge is 0.255 e. The van der Waals surface area contributed by atoms with E-state index in [1.807, 2.05) is 6.92 Å². The minimum absolute atomic E-state index is 0.0203. The number of carbonyl (C=O) groups is 1. The number of benzene rings is 2. The summed E-state index contributed by atoms with van der Waals surface area (Å²) in [5.74, 6) is -0.778. The Morgan fingerprint density at radius 1 is 1.13 bits per heavy atom. The predicted molar refractivity (Wildman–Crippen MR) is 121 cm³/mol. The number of nitrogens with one attached hydrogen (secondary N) is 1. The van der Waals surface area contributed by atoms with Crippen molar-refractivity contribution in [3.63, 3.8) is 0 Å². The van der Waals surface area contributed by atoms with Crippen LogP contribution in [0.3, 0.4) is 0 Å². The molecule has 1 saturated heterocycles. The number of nitrogens with zero attached hydrogens (tertiary/aromatic N) is 2. The summed E-state index contributed by atoms with van der Waals surface area (Å²) < 4.78 is 39.3. The molecule has 1 fully saturated rings. The number of sulfone groups is 1. The fourth-order valence-electron chi connectivity index (χ4n) is 3.75. The second kappa shape index (κ2) is 9.89. The van der Waals surface area contributed by atoms with Crippen molar-refractivity contribution in [1.82, 2.24) is 9.80 Å². The Labute approximate surface area is 184 Å². The van der Waals surface area contributed by atoms with Crippen LogP contribution in [0.2, 0.25) is 0 Å². The van der Waals surface area contributed by atoms with E-state index in [0.29, 0.717) is 11.3 Å². The number of anilines is 1. The molecule has 8 heteroatoms. The van der Waals surface area contributed by atoms with E-state index >= 15 is 0 Å². The van der Waals surface area contributed by atoms with Gasteiger partial charge in [0, 0.05) is 44.0 Å². The summed E-state index contributed by atoms with van der Waals surface area (Å²) in [6, 6.07) is 10.4. The van der Waals surface area contributed by atoms with Crippen molar-refractivity contribution in [2.24, 2.45) is 5.92 Å². The SMILES string of the molecule is Cc1cc(NC(=O)c2cccc(S(=O)(=O)CC(C)CN3CCN(C)CC3)c2)ccc1F. The summed E-state index contributed by atoms with van der Waals surface area (Å²) in [5.41, 5.74) is 1.12. The number of rotatable bonds is 7. The lowest BCUT2D eigenvalue weighted by Crippen LogP contribution is -2.46. The average molecular weight is 448 g/mol. The highest BCUT2D eigenvalue weighted by Crippen LogP contribution is 2.19. The third kappa shape index (κ3) is 6.35. The summed E-state index contributed by atoms with van der Waals surface area (Å²) in [5, 5.41) is 2.69. The number of hydrogen-bond acceptors (Lipinski definition) is 5. The van der Waals surface area contributed by atoms with Gasteiger partial charge in [-0.15, -0.1) is 0 Å². The highest BCUT2D eigenvalue weighted by Gasteiger charge is 2.23. The molecule has 1 unspecified atom stereocenters. The number of halogens is 1. The molecule has 1 heterocycles. The van der Waals surface area contributed by atoms with Gasteiger partial charge in [-0.2, -0.15) is 0 Å². The first kappa shape index (κ1) is 23.4. The van der Waals surface area contributed by atoms with Gasteiger partial charge in [-0.3, -0.25) is 4.79 Å². The standard InChI is InChI=1S/C23H30FN3O3S/c1-17(15-27-11-9-26(3)10-12-27)16-31(29,30)21-6-4-5-19(14-21)23(28)25-20-7-8-22(24)18(2)13-20/h4-8,13-14,17H,9-12,15-16H2,1-3H3,(H,25,28). The van der Waals surface area contributed by atoms with Gasteiger partial charge in [-0.05, 0) is 61.9 Å². The Bertz CT molecular complexity index is 1030. The second-order valence-electron chi connectivity index (χ2n) is 8.44. The highest BCUT2D eigenvalue weighted by molar-refractivity contribution is 7.91. The molecule has 2 aromatic rings. The average Bonchev–Trinajstić information content (AvgIpc) is 2.72. The third-order valence-electron chi connectivity index (χ3n) is 5.54. The van der Waals surface area contributed by atoms with Crippen LogP contribution in [-0.4, -0.2) is 69.6 Å². The molecule has 0 saturated carbocycles. The molecule has 1 N–H and O–H groups in total. The first-order valence-electron chi connectivity index (χ1n) is 10.5. The van der Waals surface area contributed by atoms with Crippen molar-refractivity contribution in [2.45, 2.75) is 18.7 Å². The van der Waals surface area contributed by atoms with E-state index in [-0.39, 0.29) is 27.9 Å². The summed E-state index contributed by atoms with van der Waals surface area (Å²) >= 11 is 0. The van der Waals surface area contributed by atoms with Crippen LogP contribution >= 0.6 is 0 Å². The van der Waals surface area contributed by atoms with E-state index in [1.54, 1.807) is 19.1 Å². The zero-order chi connectivity index (χ0) is 22.6. The minimum Gasteiger partial charge on any atom is -0.322 e. The van der Waals surface area contributed by atoms with Crippen molar-refractivity contribution in [1.29, 1.82) is 0 Å². The van der Waals surface area contributed by atoms with Gasteiger partial charge in [0.1, 0.15) is 5.82 Å². The fraction of sp³-hybridized carbons (Fsp3) is 0.435. The van der Waals surface area contributed by atoms with Gasteiger partial charge in [-0.1, -0.05) is 13.0 Å². The van der Waals surface area contributed by atoms with Gasteiger partial charge in [0.25, 0.3) is 5.91 Å². The van der Waals surface area contributed by atoms with E-state index in [4.69, 9.17) is 0 Å². The largest absolute Gasteiger partial charge is 0.322 e. The van der Waals surface area contributed by atoms with Crippen LogP contribution in [0, 0.1) is 18.7 Å². The quantitative estimate of drug-likeness (QED) is 0.707. The fourth-order valence-corrected chi connectivity index (χ4v) is 5.39. The van der Waals surface area contributed by atoms with Crippen LogP contribution in [0.15, 0.2) is 47.4 Å². The lowest BCUT2D eigenvalue weighted by atomic mass is 10.2. The molecule has 1 atom stereocenters. The number of hydrogen-bond donors (Lipinski definition) is 1. The molecule has 6 nitrogen and oxygen atoms in total. The Hall–Kier alpha value is -2.29. The molecule has 2 aromatic carbocycles. The monoisotopic (exact) mass is 447 g/mol. The normalized spacial score (nSPS) is 16.8. The van der Waals surface area contributed by atoms with Gasteiger partial charge in [0.15, 0.2) is 9.84 Å². The molecule has 0 bridgehead atoms. The maximum atomic E-state index is 13.4. The van der Waals surface area contributed by atoms with Gasteiger partial charge < -0.3 is 15.1 Å². The Morgan fingerprint density at radius 2 is 1.84 bits per heavy atom. The van der Waals surface area contributed by atoms with E-state index < -0.39 is 15.7 Å². The Morgan fingerprint density at radius 3 is 2.52 bits per heavy atom. The first-order valence-corrected chi connectivity index (χ1v) is 12.1. The first-order chi connectivity index (χ1) is 14.6. The lowest BCUT2D eigenvalue weighted by Gasteiger charge is -2.33. The van der Waals surface area contributed by atoms with Crippen LogP contribution in [0.5, 0.6) is 0 Å². The molecule has 1 amide bonds. The van der Waals surface area contributed by atoms with Crippen LogP contribution in [-0.2, 0) is 9.84 Å². The van der Waals surface area contributed by atoms with Crippen molar-refractivity contribution >= 4 is 21.4 Å². The van der Waals surface area contributed by atoms with E-state index in [2.05, 4.69) is 22.2 Å². The van der Waals surface area contributed by atoms with Crippen LogP contribution < -0.4 is 5.32 Å². The molecular weight excluding hydrogens is 417 g/mol. The van der Waals surface area contributed by atoms with Gasteiger partial charge in [0.2, 0.25) is 0 Å². The molecule has 0 spiro atoms. The molecule has 1 aliphatic rings. The topological polar surface area (TPSA) is 69.7 Å². The number of likely N-dealkylation sites (N-methyl/N-ethyl adjacent to an activating group) is 1. The van der Waals surface area contributed by atoms with Crippen LogP contribution in [0.4, 0.5) is 10.1 Å². The number of carbonyl (C=O) groups excluding carboxylic acids is 1. The van der Waals surface area contributed by atoms with Crippen molar-refractivity contribution in [3.8, 4) is 0 Å². The molecule has 168 valence electrons. The highest BCUT2D eigenvalue weighted by atomic mass is 32.2. The summed E-state index contributed by atoms with van der Waals surface area (Å²) in [6.45, 7) is 8.16. The number of aryl methyl sites for hydroxylation is 1. The Balaban J connectivity index is 1.66. The lowest BCUT2D eigenvalue weighted by molar-refractivity contribution is 0.102. The summed E-state index contributed by atoms with van der Waals surface area (Å²) in [6.07, 6.45) is 0. The zero-order valence-electron chi connectivity index (χ0n) is 18.3. The molecule has 31 heavy (non-hydrogen) atoms. The van der Waals surface area contributed by atoms with Crippen LogP contribution in [0.25, 0.3) is 0 Å². The minimum atomic E-state index is -3.53. The van der Waals surface area contributed by atoms with Crippen molar-refractivity contribution < 1.29 is 17.6 Å². The van der Waals surface area contributed by atoms with E-state index in [9.17, 15) is 17.6 Å². The van der Waals surface area contributed by atoms with Gasteiger partial charge in [-0.25, -0.2) is 12.8 Å². The summed E-state index contributed by atoms with van der Waals surface area (Å²) in [4.78, 5) is 17.3. The molecule has 1 aliphatic heterocycles. The molecule has 0 aliphatic carbocycles. The van der Waals surface area contributed by atoms with Gasteiger partial charge >= 0.3 is 0 Å². The maximum absolute atomic E-state index is 13.4. The van der Waals surface area contributed by atoms with Crippen LogP contribution in [0.1, 0.15) is 22.8 Å². The zero-order valence-corrected chi connectivity index (χ0v) is 19.1. The van der Waals surface area contributed by atoms with Crippen molar-refractivity contribution in [3.05, 3.63) is 59.4 Å². The Kier molecular flexibility index (Phi) is 7.46. The van der Waals surface area contributed by atoms with Gasteiger partial charge in [0.05, 0.1) is 10.6 Å². The molecule has 3 rings (SSSR count). The number of piperazine rings is 1. The summed E-state index contributed by atoms with van der Waals surface area (Å²) in [7, 11) is -1.44. The predicted octanol–water partition coefficient (Wildman–Crippen LogP) is 3.04. The molecule has 0 radical (unpaired) electrons. The van der Waals surface area contributed by atoms with E-state index in [1.165, 1.54) is 30.3 Å². The van der Waals surface area contributed by atoms with Crippen molar-refractivity contribution in [2.75, 3.05) is 50.8 Å². The second-order valence-corrected chi connectivity index (χ2v) is 10.5.